The van der Waals surface area contributed by atoms with Gasteiger partial charge in [-0.05, 0) is 32.9 Å². The van der Waals surface area contributed by atoms with Gasteiger partial charge in [-0.2, -0.15) is 0 Å². The van der Waals surface area contributed by atoms with Crippen molar-refractivity contribution in [3.05, 3.63) is 24.0 Å². The molecule has 5 heteroatoms. The lowest BCUT2D eigenvalue weighted by molar-refractivity contribution is 0.0636. The third-order valence-corrected chi connectivity index (χ3v) is 1.78. The normalized spacial score (nSPS) is 10.8. The van der Waals surface area contributed by atoms with Gasteiger partial charge in [0.15, 0.2) is 5.78 Å². The van der Waals surface area contributed by atoms with Gasteiger partial charge in [-0.15, -0.1) is 0 Å². The smallest absolute Gasteiger partial charge is 0.412 e. The molecule has 0 radical (unpaired) electrons. The number of hydrogen-bond donors (Lipinski definition) is 1. The highest BCUT2D eigenvalue weighted by molar-refractivity contribution is 6.00. The van der Waals surface area contributed by atoms with Gasteiger partial charge >= 0.3 is 6.09 Å². The van der Waals surface area contributed by atoms with Crippen LogP contribution >= 0.6 is 0 Å². The summed E-state index contributed by atoms with van der Waals surface area (Å²) in [5, 5.41) is 2.50. The Morgan fingerprint density at radius 1 is 1.35 bits per heavy atom. The minimum Gasteiger partial charge on any atom is -0.444 e. The van der Waals surface area contributed by atoms with Gasteiger partial charge in [0.2, 0.25) is 0 Å². The molecule has 1 rings (SSSR count). The Labute approximate surface area is 100 Å². The molecule has 0 aliphatic heterocycles. The summed E-state index contributed by atoms with van der Waals surface area (Å²) in [7, 11) is 0. The summed E-state index contributed by atoms with van der Waals surface area (Å²) in [4.78, 5) is 26.7. The van der Waals surface area contributed by atoms with Crippen LogP contribution in [0.25, 0.3) is 0 Å². The minimum absolute atomic E-state index is 0.211. The molecule has 1 amide bonds. The van der Waals surface area contributed by atoms with Crippen LogP contribution in [0.1, 0.15) is 38.2 Å². The number of rotatable bonds is 2. The van der Waals surface area contributed by atoms with Gasteiger partial charge in [0, 0.05) is 13.1 Å². The standard InChI is InChI=1S/C12H16N2O3/c1-8(15)10-9(6-5-7-13-10)14-11(16)17-12(2,3)4/h5-7H,1-4H3,(H,14,16). The van der Waals surface area contributed by atoms with E-state index in [-0.39, 0.29) is 11.5 Å². The Kier molecular flexibility index (Phi) is 3.83. The van der Waals surface area contributed by atoms with E-state index in [4.69, 9.17) is 4.74 Å². The third-order valence-electron chi connectivity index (χ3n) is 1.78. The number of nitrogens with zero attached hydrogens (tertiary/aromatic N) is 1. The van der Waals surface area contributed by atoms with Crippen LogP contribution in [0, 0.1) is 0 Å². The van der Waals surface area contributed by atoms with E-state index in [1.54, 1.807) is 32.9 Å². The number of ether oxygens (including phenoxy) is 1. The van der Waals surface area contributed by atoms with Crippen LogP contribution in [0.15, 0.2) is 18.3 Å². The van der Waals surface area contributed by atoms with Gasteiger partial charge in [0.05, 0.1) is 5.69 Å². The van der Waals surface area contributed by atoms with Gasteiger partial charge in [-0.1, -0.05) is 0 Å². The van der Waals surface area contributed by atoms with E-state index in [9.17, 15) is 9.59 Å². The molecule has 0 saturated heterocycles. The quantitative estimate of drug-likeness (QED) is 0.801. The van der Waals surface area contributed by atoms with Crippen LogP contribution in [-0.2, 0) is 4.74 Å². The first-order valence-corrected chi connectivity index (χ1v) is 5.25. The number of anilines is 1. The first-order chi connectivity index (χ1) is 7.79. The van der Waals surface area contributed by atoms with Crippen molar-refractivity contribution < 1.29 is 14.3 Å². The van der Waals surface area contributed by atoms with Crippen LogP contribution in [0.2, 0.25) is 0 Å². The predicted molar refractivity (Wildman–Crippen MR) is 64.1 cm³/mol. The molecular weight excluding hydrogens is 220 g/mol. The monoisotopic (exact) mass is 236 g/mol. The molecule has 5 nitrogen and oxygen atoms in total. The highest BCUT2D eigenvalue weighted by atomic mass is 16.6. The molecule has 0 unspecified atom stereocenters. The van der Waals surface area contributed by atoms with E-state index in [1.807, 2.05) is 0 Å². The summed E-state index contributed by atoms with van der Waals surface area (Å²) in [6, 6.07) is 3.24. The molecule has 1 N–H and O–H groups in total. The number of carbonyl (C=O) groups excluding carboxylic acids is 2. The largest absolute Gasteiger partial charge is 0.444 e. The van der Waals surface area contributed by atoms with Gasteiger partial charge in [0.1, 0.15) is 11.3 Å². The fraction of sp³-hybridized carbons (Fsp3) is 0.417. The molecule has 1 aromatic rings. The van der Waals surface area contributed by atoms with Crippen molar-refractivity contribution in [1.29, 1.82) is 0 Å². The molecule has 0 atom stereocenters. The SMILES string of the molecule is CC(=O)c1ncccc1NC(=O)OC(C)(C)C. The number of ketones is 1. The Balaban J connectivity index is 2.82. The van der Waals surface area contributed by atoms with Gasteiger partial charge in [0.25, 0.3) is 0 Å². The fourth-order valence-electron chi connectivity index (χ4n) is 1.20. The summed E-state index contributed by atoms with van der Waals surface area (Å²) < 4.78 is 5.09. The summed E-state index contributed by atoms with van der Waals surface area (Å²) >= 11 is 0. The number of pyridine rings is 1. The van der Waals surface area contributed by atoms with E-state index < -0.39 is 11.7 Å². The molecule has 17 heavy (non-hydrogen) atoms. The van der Waals surface area contributed by atoms with Gasteiger partial charge < -0.3 is 4.74 Å². The molecule has 92 valence electrons. The van der Waals surface area contributed by atoms with Crippen molar-refractivity contribution in [2.75, 3.05) is 5.32 Å². The van der Waals surface area contributed by atoms with Crippen LogP contribution in [0.5, 0.6) is 0 Å². The van der Waals surface area contributed by atoms with Crippen LogP contribution in [0.4, 0.5) is 10.5 Å². The topological polar surface area (TPSA) is 68.3 Å². The molecule has 0 aliphatic rings. The van der Waals surface area contributed by atoms with Crippen LogP contribution < -0.4 is 5.32 Å². The second-order valence-electron chi connectivity index (χ2n) is 4.58. The van der Waals surface area contributed by atoms with Crippen molar-refractivity contribution in [2.24, 2.45) is 0 Å². The van der Waals surface area contributed by atoms with Crippen LogP contribution in [0.3, 0.4) is 0 Å². The number of nitrogens with one attached hydrogen (secondary N) is 1. The summed E-state index contributed by atoms with van der Waals surface area (Å²) in [5.74, 6) is -0.211. The first-order valence-electron chi connectivity index (χ1n) is 5.25. The lowest BCUT2D eigenvalue weighted by Crippen LogP contribution is -2.27. The number of amides is 1. The highest BCUT2D eigenvalue weighted by Crippen LogP contribution is 2.15. The lowest BCUT2D eigenvalue weighted by atomic mass is 10.2. The molecule has 1 aromatic heterocycles. The number of carbonyl (C=O) groups is 2. The van der Waals surface area contributed by atoms with Crippen molar-refractivity contribution in [2.45, 2.75) is 33.3 Å². The van der Waals surface area contributed by atoms with Crippen molar-refractivity contribution in [1.82, 2.24) is 4.98 Å². The van der Waals surface area contributed by atoms with Crippen molar-refractivity contribution >= 4 is 17.6 Å². The first kappa shape index (κ1) is 13.2. The third kappa shape index (κ3) is 4.22. The number of hydrogen-bond acceptors (Lipinski definition) is 4. The second kappa shape index (κ2) is 4.95. The molecule has 0 aromatic carbocycles. The Bertz CT molecular complexity index is 436. The number of aromatic nitrogens is 1. The second-order valence-corrected chi connectivity index (χ2v) is 4.58. The summed E-state index contributed by atoms with van der Waals surface area (Å²) in [5.41, 5.74) is -0.00419. The zero-order valence-electron chi connectivity index (χ0n) is 10.4. The van der Waals surface area contributed by atoms with E-state index >= 15 is 0 Å². The molecule has 0 spiro atoms. The summed E-state index contributed by atoms with van der Waals surface area (Å²) in [6.45, 7) is 6.69. The number of Topliss-reactive ketones (excluding diaryl/α,β-unsaturated/α-hetero) is 1. The molecule has 1 heterocycles. The maximum absolute atomic E-state index is 11.5. The van der Waals surface area contributed by atoms with E-state index in [0.717, 1.165) is 0 Å². The van der Waals surface area contributed by atoms with Crippen LogP contribution in [-0.4, -0.2) is 22.5 Å². The Hall–Kier alpha value is -1.91. The molecule has 0 aliphatic carbocycles. The Morgan fingerprint density at radius 3 is 2.53 bits per heavy atom. The predicted octanol–water partition coefficient (Wildman–Crippen LogP) is 2.63. The molecule has 0 saturated carbocycles. The maximum Gasteiger partial charge on any atom is 0.412 e. The minimum atomic E-state index is -0.604. The zero-order chi connectivity index (χ0) is 13.1. The van der Waals surface area contributed by atoms with E-state index in [1.165, 1.54) is 13.1 Å². The van der Waals surface area contributed by atoms with E-state index in [2.05, 4.69) is 10.3 Å². The van der Waals surface area contributed by atoms with E-state index in [0.29, 0.717) is 5.69 Å². The van der Waals surface area contributed by atoms with Gasteiger partial charge in [-0.25, -0.2) is 4.79 Å². The molecule has 0 bridgehead atoms. The van der Waals surface area contributed by atoms with Crippen molar-refractivity contribution in [3.63, 3.8) is 0 Å². The van der Waals surface area contributed by atoms with Crippen molar-refractivity contribution in [3.8, 4) is 0 Å². The molecule has 0 fully saturated rings. The summed E-state index contributed by atoms with van der Waals surface area (Å²) in [6.07, 6.45) is 0.893. The fourth-order valence-corrected chi connectivity index (χ4v) is 1.20. The molecular formula is C12H16N2O3. The van der Waals surface area contributed by atoms with Gasteiger partial charge in [-0.3, -0.25) is 15.1 Å². The average Bonchev–Trinajstić information content (AvgIpc) is 2.14. The highest BCUT2D eigenvalue weighted by Gasteiger charge is 2.18. The lowest BCUT2D eigenvalue weighted by Gasteiger charge is -2.20. The average molecular weight is 236 g/mol. The Morgan fingerprint density at radius 2 is 2.00 bits per heavy atom. The maximum atomic E-state index is 11.5. The zero-order valence-corrected chi connectivity index (χ0v) is 10.4.